The second-order valence-electron chi connectivity index (χ2n) is 7.99. The molecule has 4 rings (SSSR count). The van der Waals surface area contributed by atoms with Crippen LogP contribution in [0, 0.1) is 0 Å². The fourth-order valence-corrected chi connectivity index (χ4v) is 4.12. The molecule has 0 amide bonds. The molecule has 4 aromatic carbocycles. The molecule has 0 fully saturated rings. The largest absolute Gasteiger partial charge is 0.508 e. The first-order valence-electron chi connectivity index (χ1n) is 10.4. The lowest BCUT2D eigenvalue weighted by Crippen LogP contribution is -2.54. The average Bonchev–Trinajstić information content (AvgIpc) is 2.80. The zero-order valence-corrected chi connectivity index (χ0v) is 17.9. The molecule has 0 saturated heterocycles. The molecular formula is C27H18F6O2. The molecule has 0 heterocycles. The predicted molar refractivity (Wildman–Crippen MR) is 120 cm³/mol. The maximum absolute atomic E-state index is 14.4. The number of halogens is 6. The van der Waals surface area contributed by atoms with Gasteiger partial charge in [-0.05, 0) is 57.6 Å². The Kier molecular flexibility index (Phi) is 6.00. The lowest BCUT2D eigenvalue weighted by molar-refractivity contribution is -0.288. The van der Waals surface area contributed by atoms with Gasteiger partial charge >= 0.3 is 12.4 Å². The number of aromatic hydroxyl groups is 2. The van der Waals surface area contributed by atoms with Crippen molar-refractivity contribution in [2.24, 2.45) is 0 Å². The summed E-state index contributed by atoms with van der Waals surface area (Å²) in [5.41, 5.74) is -4.32. The van der Waals surface area contributed by atoms with Crippen LogP contribution in [0.5, 0.6) is 11.5 Å². The van der Waals surface area contributed by atoms with Crippen molar-refractivity contribution >= 4 is 0 Å². The molecule has 0 aliphatic rings. The third kappa shape index (κ3) is 4.32. The molecule has 0 aliphatic carbocycles. The number of hydrogen-bond donors (Lipinski definition) is 2. The molecular weight excluding hydrogens is 470 g/mol. The van der Waals surface area contributed by atoms with E-state index in [2.05, 4.69) is 0 Å². The molecule has 0 saturated carbocycles. The summed E-state index contributed by atoms with van der Waals surface area (Å²) in [4.78, 5) is 0. The first-order valence-corrected chi connectivity index (χ1v) is 10.4. The molecule has 2 nitrogen and oxygen atoms in total. The number of rotatable bonds is 4. The van der Waals surface area contributed by atoms with Gasteiger partial charge in [0.15, 0.2) is 0 Å². The molecule has 8 heteroatoms. The van der Waals surface area contributed by atoms with E-state index in [0.717, 1.165) is 24.3 Å². The van der Waals surface area contributed by atoms with E-state index in [0.29, 0.717) is 22.3 Å². The highest BCUT2D eigenvalue weighted by atomic mass is 19.4. The molecule has 0 atom stereocenters. The standard InChI is InChI=1S/C27H18F6O2/c28-26(29,30)25(27(31,32)33,21-9-1-17(2-10-21)19-5-13-23(34)14-6-19)22-11-3-18(4-12-22)20-7-15-24(35)16-8-20/h1-16,34-35H. The van der Waals surface area contributed by atoms with Gasteiger partial charge in [0.05, 0.1) is 0 Å². The normalized spacial score (nSPS) is 12.5. The molecule has 0 radical (unpaired) electrons. The van der Waals surface area contributed by atoms with Crippen molar-refractivity contribution in [3.8, 4) is 33.8 Å². The van der Waals surface area contributed by atoms with Crippen molar-refractivity contribution in [1.29, 1.82) is 0 Å². The molecule has 0 aliphatic heterocycles. The SMILES string of the molecule is Oc1ccc(-c2ccc(C(c3ccc(-c4ccc(O)cc4)cc3)(C(F)(F)F)C(F)(F)F)cc2)cc1. The Morgan fingerprint density at radius 3 is 0.829 bits per heavy atom. The minimum absolute atomic E-state index is 0.0192. The first kappa shape index (κ1) is 24.2. The third-order valence-electron chi connectivity index (χ3n) is 5.89. The van der Waals surface area contributed by atoms with E-state index >= 15 is 0 Å². The second-order valence-corrected chi connectivity index (χ2v) is 7.99. The quantitative estimate of drug-likeness (QED) is 0.287. The van der Waals surface area contributed by atoms with E-state index < -0.39 is 28.9 Å². The Bertz CT molecular complexity index is 1180. The van der Waals surface area contributed by atoms with E-state index in [1.807, 2.05) is 0 Å². The highest BCUT2D eigenvalue weighted by Gasteiger charge is 2.72. The van der Waals surface area contributed by atoms with Crippen LogP contribution < -0.4 is 0 Å². The molecule has 0 bridgehead atoms. The van der Waals surface area contributed by atoms with Gasteiger partial charge in [0.2, 0.25) is 5.41 Å². The molecule has 0 spiro atoms. The zero-order valence-electron chi connectivity index (χ0n) is 17.9. The predicted octanol–water partition coefficient (Wildman–Crippen LogP) is 7.84. The summed E-state index contributed by atoms with van der Waals surface area (Å²) in [7, 11) is 0. The van der Waals surface area contributed by atoms with Gasteiger partial charge in [-0.25, -0.2) is 0 Å². The van der Waals surface area contributed by atoms with E-state index in [-0.39, 0.29) is 11.5 Å². The maximum atomic E-state index is 14.4. The van der Waals surface area contributed by atoms with E-state index in [9.17, 15) is 36.6 Å². The Morgan fingerprint density at radius 2 is 0.600 bits per heavy atom. The lowest BCUT2D eigenvalue weighted by atomic mass is 9.72. The van der Waals surface area contributed by atoms with Crippen LogP contribution in [0.4, 0.5) is 26.3 Å². The minimum Gasteiger partial charge on any atom is -0.508 e. The van der Waals surface area contributed by atoms with Crippen LogP contribution in [0.25, 0.3) is 22.3 Å². The highest BCUT2D eigenvalue weighted by Crippen LogP contribution is 2.56. The van der Waals surface area contributed by atoms with Crippen LogP contribution >= 0.6 is 0 Å². The Balaban J connectivity index is 1.84. The number of hydrogen-bond acceptors (Lipinski definition) is 2. The number of phenolic OH excluding ortho intramolecular Hbond substituents is 2. The molecule has 35 heavy (non-hydrogen) atoms. The van der Waals surface area contributed by atoms with Crippen molar-refractivity contribution < 1.29 is 36.6 Å². The maximum Gasteiger partial charge on any atom is 0.411 e. The van der Waals surface area contributed by atoms with Gasteiger partial charge in [-0.1, -0.05) is 72.8 Å². The molecule has 0 aromatic heterocycles. The van der Waals surface area contributed by atoms with Crippen molar-refractivity contribution in [1.82, 2.24) is 0 Å². The summed E-state index contributed by atoms with van der Waals surface area (Å²) in [5, 5.41) is 18.8. The van der Waals surface area contributed by atoms with Crippen molar-refractivity contribution in [3.63, 3.8) is 0 Å². The summed E-state index contributed by atoms with van der Waals surface area (Å²) in [6, 6.07) is 19.6. The van der Waals surface area contributed by atoms with Crippen LogP contribution in [0.2, 0.25) is 0 Å². The summed E-state index contributed by atoms with van der Waals surface area (Å²) < 4.78 is 86.4. The topological polar surface area (TPSA) is 40.5 Å². The van der Waals surface area contributed by atoms with Crippen molar-refractivity contribution in [2.75, 3.05) is 0 Å². The highest BCUT2D eigenvalue weighted by molar-refractivity contribution is 5.67. The average molecular weight is 488 g/mol. The van der Waals surface area contributed by atoms with Crippen LogP contribution in [-0.2, 0) is 5.41 Å². The lowest BCUT2D eigenvalue weighted by Gasteiger charge is -2.38. The number of alkyl halides is 6. The van der Waals surface area contributed by atoms with Crippen molar-refractivity contribution in [3.05, 3.63) is 108 Å². The van der Waals surface area contributed by atoms with E-state index in [4.69, 9.17) is 0 Å². The van der Waals surface area contributed by atoms with Gasteiger partial charge in [0.25, 0.3) is 0 Å². The number of benzene rings is 4. The Hall–Kier alpha value is -3.94. The van der Waals surface area contributed by atoms with Gasteiger partial charge in [0, 0.05) is 0 Å². The van der Waals surface area contributed by atoms with Gasteiger partial charge < -0.3 is 10.2 Å². The summed E-state index contributed by atoms with van der Waals surface area (Å²) >= 11 is 0. The Labute approximate surface area is 196 Å². The number of phenols is 2. The van der Waals surface area contributed by atoms with Crippen molar-refractivity contribution in [2.45, 2.75) is 17.8 Å². The van der Waals surface area contributed by atoms with E-state index in [1.165, 1.54) is 72.8 Å². The van der Waals surface area contributed by atoms with Crippen LogP contribution in [-0.4, -0.2) is 22.6 Å². The van der Waals surface area contributed by atoms with Crippen LogP contribution in [0.15, 0.2) is 97.1 Å². The summed E-state index contributed by atoms with van der Waals surface area (Å²) in [6.07, 6.45) is -11.4. The Morgan fingerprint density at radius 1 is 0.371 bits per heavy atom. The first-order chi connectivity index (χ1) is 16.4. The van der Waals surface area contributed by atoms with E-state index in [1.54, 1.807) is 0 Å². The molecule has 0 unspecified atom stereocenters. The minimum atomic E-state index is -5.69. The smallest absolute Gasteiger partial charge is 0.411 e. The monoisotopic (exact) mass is 488 g/mol. The van der Waals surface area contributed by atoms with Crippen LogP contribution in [0.3, 0.4) is 0 Å². The fraction of sp³-hybridized carbons (Fsp3) is 0.111. The summed E-state index contributed by atoms with van der Waals surface area (Å²) in [6.45, 7) is 0. The molecule has 2 N–H and O–H groups in total. The fourth-order valence-electron chi connectivity index (χ4n) is 4.12. The molecule has 180 valence electrons. The van der Waals surface area contributed by atoms with Gasteiger partial charge in [-0.2, -0.15) is 26.3 Å². The zero-order chi connectivity index (χ0) is 25.4. The van der Waals surface area contributed by atoms with Crippen LogP contribution in [0.1, 0.15) is 11.1 Å². The second kappa shape index (κ2) is 8.69. The van der Waals surface area contributed by atoms with Gasteiger partial charge in [-0.3, -0.25) is 0 Å². The third-order valence-corrected chi connectivity index (χ3v) is 5.89. The summed E-state index contributed by atoms with van der Waals surface area (Å²) in [5.74, 6) is -0.0384. The molecule has 4 aromatic rings. The van der Waals surface area contributed by atoms with Gasteiger partial charge in [0.1, 0.15) is 11.5 Å². The van der Waals surface area contributed by atoms with Gasteiger partial charge in [-0.15, -0.1) is 0 Å².